The van der Waals surface area contributed by atoms with Crippen LogP contribution in [0.2, 0.25) is 0 Å². The molecule has 1 atom stereocenters. The third-order valence-corrected chi connectivity index (χ3v) is 1.52. The van der Waals surface area contributed by atoms with Gasteiger partial charge in [0, 0.05) is 12.4 Å². The molecule has 5 heteroatoms. The van der Waals surface area contributed by atoms with Gasteiger partial charge in [0.1, 0.15) is 18.5 Å². The van der Waals surface area contributed by atoms with Gasteiger partial charge >= 0.3 is 0 Å². The van der Waals surface area contributed by atoms with E-state index in [4.69, 9.17) is 10.5 Å². The Hall–Kier alpha value is -1.65. The largest absolute Gasteiger partial charge is 0.490 e. The molecule has 0 aliphatic rings. The molecule has 1 heterocycles. The SMILES string of the molecule is C[C@@H](F)COc1ccncc1C(N)=O. The van der Waals surface area contributed by atoms with Gasteiger partial charge in [-0.25, -0.2) is 4.39 Å². The molecule has 76 valence electrons. The van der Waals surface area contributed by atoms with E-state index in [0.717, 1.165) is 0 Å². The molecule has 0 saturated heterocycles. The Morgan fingerprint density at radius 2 is 2.50 bits per heavy atom. The van der Waals surface area contributed by atoms with Crippen LogP contribution in [-0.2, 0) is 0 Å². The van der Waals surface area contributed by atoms with E-state index >= 15 is 0 Å². The van der Waals surface area contributed by atoms with Crippen molar-refractivity contribution in [3.8, 4) is 5.75 Å². The molecule has 0 radical (unpaired) electrons. The number of carbonyl (C=O) groups is 1. The van der Waals surface area contributed by atoms with Gasteiger partial charge in [-0.1, -0.05) is 0 Å². The van der Waals surface area contributed by atoms with Gasteiger partial charge < -0.3 is 10.5 Å². The first-order valence-corrected chi connectivity index (χ1v) is 4.12. The number of carbonyl (C=O) groups excluding carboxylic acids is 1. The van der Waals surface area contributed by atoms with E-state index in [0.29, 0.717) is 0 Å². The van der Waals surface area contributed by atoms with Crippen molar-refractivity contribution in [1.82, 2.24) is 4.98 Å². The third kappa shape index (κ3) is 2.69. The lowest BCUT2D eigenvalue weighted by molar-refractivity contribution is 0.0994. The highest BCUT2D eigenvalue weighted by molar-refractivity contribution is 5.95. The molecule has 0 fully saturated rings. The zero-order valence-corrected chi connectivity index (χ0v) is 7.74. The highest BCUT2D eigenvalue weighted by Crippen LogP contribution is 2.16. The fourth-order valence-corrected chi connectivity index (χ4v) is 0.897. The van der Waals surface area contributed by atoms with Crippen LogP contribution in [0.3, 0.4) is 0 Å². The number of amides is 1. The maximum atomic E-state index is 12.5. The van der Waals surface area contributed by atoms with Crippen molar-refractivity contribution < 1.29 is 13.9 Å². The van der Waals surface area contributed by atoms with Gasteiger partial charge in [-0.3, -0.25) is 9.78 Å². The second kappa shape index (κ2) is 4.55. The van der Waals surface area contributed by atoms with Crippen LogP contribution >= 0.6 is 0 Å². The summed E-state index contributed by atoms with van der Waals surface area (Å²) in [7, 11) is 0. The van der Waals surface area contributed by atoms with Crippen LogP contribution in [0.1, 0.15) is 17.3 Å². The molecule has 2 N–H and O–H groups in total. The summed E-state index contributed by atoms with van der Waals surface area (Å²) in [6, 6.07) is 1.47. The summed E-state index contributed by atoms with van der Waals surface area (Å²) in [5.41, 5.74) is 5.23. The summed E-state index contributed by atoms with van der Waals surface area (Å²) in [6.45, 7) is 1.26. The summed E-state index contributed by atoms with van der Waals surface area (Å²) < 4.78 is 17.5. The number of ether oxygens (including phenoxy) is 1. The second-order valence-electron chi connectivity index (χ2n) is 2.83. The van der Waals surface area contributed by atoms with Crippen LogP contribution in [0.4, 0.5) is 4.39 Å². The fourth-order valence-electron chi connectivity index (χ4n) is 0.897. The molecule has 1 aromatic rings. The molecular weight excluding hydrogens is 187 g/mol. The Kier molecular flexibility index (Phi) is 3.39. The summed E-state index contributed by atoms with van der Waals surface area (Å²) >= 11 is 0. The van der Waals surface area contributed by atoms with Gasteiger partial charge in [0.15, 0.2) is 0 Å². The minimum atomic E-state index is -1.09. The van der Waals surface area contributed by atoms with E-state index < -0.39 is 12.1 Å². The molecular formula is C9H11FN2O2. The summed E-state index contributed by atoms with van der Waals surface area (Å²) in [4.78, 5) is 14.6. The number of nitrogens with two attached hydrogens (primary N) is 1. The molecule has 0 spiro atoms. The molecule has 0 aliphatic carbocycles. The topological polar surface area (TPSA) is 65.2 Å². The highest BCUT2D eigenvalue weighted by Gasteiger charge is 2.09. The number of hydrogen-bond acceptors (Lipinski definition) is 3. The minimum Gasteiger partial charge on any atom is -0.490 e. The number of aromatic nitrogens is 1. The van der Waals surface area contributed by atoms with Crippen LogP contribution in [0, 0.1) is 0 Å². The average molecular weight is 198 g/mol. The van der Waals surface area contributed by atoms with Crippen molar-refractivity contribution in [2.24, 2.45) is 5.73 Å². The van der Waals surface area contributed by atoms with Crippen molar-refractivity contribution in [2.75, 3.05) is 6.61 Å². The molecule has 1 amide bonds. The summed E-state index contributed by atoms with van der Waals surface area (Å²) in [5, 5.41) is 0. The fraction of sp³-hybridized carbons (Fsp3) is 0.333. The van der Waals surface area contributed by atoms with E-state index in [2.05, 4.69) is 4.98 Å². The molecule has 0 aliphatic heterocycles. The zero-order chi connectivity index (χ0) is 10.6. The summed E-state index contributed by atoms with van der Waals surface area (Å²) in [5.74, 6) is -0.378. The van der Waals surface area contributed by atoms with Crippen LogP contribution in [0.5, 0.6) is 5.75 Å². The lowest BCUT2D eigenvalue weighted by Crippen LogP contribution is -2.15. The third-order valence-electron chi connectivity index (χ3n) is 1.52. The predicted octanol–water partition coefficient (Wildman–Crippen LogP) is 0.917. The number of pyridine rings is 1. The van der Waals surface area contributed by atoms with Crippen molar-refractivity contribution in [1.29, 1.82) is 0 Å². The average Bonchev–Trinajstić information content (AvgIpc) is 2.15. The van der Waals surface area contributed by atoms with Crippen molar-refractivity contribution in [2.45, 2.75) is 13.1 Å². The molecule has 4 nitrogen and oxygen atoms in total. The van der Waals surface area contributed by atoms with Gasteiger partial charge in [-0.15, -0.1) is 0 Å². The van der Waals surface area contributed by atoms with Crippen molar-refractivity contribution in [3.05, 3.63) is 24.0 Å². The van der Waals surface area contributed by atoms with E-state index in [9.17, 15) is 9.18 Å². The molecule has 0 saturated carbocycles. The van der Waals surface area contributed by atoms with E-state index in [1.165, 1.54) is 25.4 Å². The predicted molar refractivity (Wildman–Crippen MR) is 48.8 cm³/mol. The number of hydrogen-bond donors (Lipinski definition) is 1. The minimum absolute atomic E-state index is 0.107. The number of nitrogens with zero attached hydrogens (tertiary/aromatic N) is 1. The first-order chi connectivity index (χ1) is 6.61. The first-order valence-electron chi connectivity index (χ1n) is 4.12. The smallest absolute Gasteiger partial charge is 0.254 e. The van der Waals surface area contributed by atoms with Crippen LogP contribution in [0.15, 0.2) is 18.5 Å². The zero-order valence-electron chi connectivity index (χ0n) is 7.74. The second-order valence-corrected chi connectivity index (χ2v) is 2.83. The van der Waals surface area contributed by atoms with E-state index in [-0.39, 0.29) is 17.9 Å². The first kappa shape index (κ1) is 10.4. The molecule has 1 rings (SSSR count). The maximum absolute atomic E-state index is 12.5. The van der Waals surface area contributed by atoms with Crippen LogP contribution in [-0.4, -0.2) is 23.7 Å². The highest BCUT2D eigenvalue weighted by atomic mass is 19.1. The lowest BCUT2D eigenvalue weighted by atomic mass is 10.2. The van der Waals surface area contributed by atoms with Gasteiger partial charge in [0.25, 0.3) is 5.91 Å². The van der Waals surface area contributed by atoms with Gasteiger partial charge in [0.2, 0.25) is 0 Å². The van der Waals surface area contributed by atoms with Crippen LogP contribution in [0.25, 0.3) is 0 Å². The standard InChI is InChI=1S/C9H11FN2O2/c1-6(10)5-14-8-2-3-12-4-7(8)9(11)13/h2-4,6H,5H2,1H3,(H2,11,13)/t6-/m1/s1. The van der Waals surface area contributed by atoms with Crippen molar-refractivity contribution >= 4 is 5.91 Å². The molecule has 14 heavy (non-hydrogen) atoms. The van der Waals surface area contributed by atoms with E-state index in [1.807, 2.05) is 0 Å². The normalized spacial score (nSPS) is 12.1. The maximum Gasteiger partial charge on any atom is 0.254 e. The van der Waals surface area contributed by atoms with Gasteiger partial charge in [-0.2, -0.15) is 0 Å². The van der Waals surface area contributed by atoms with Gasteiger partial charge in [0.05, 0.1) is 5.56 Å². The number of halogens is 1. The Balaban J connectivity index is 2.79. The Labute approximate surface area is 80.9 Å². The molecule has 0 bridgehead atoms. The molecule has 1 aromatic heterocycles. The monoisotopic (exact) mass is 198 g/mol. The lowest BCUT2D eigenvalue weighted by Gasteiger charge is -2.08. The van der Waals surface area contributed by atoms with Crippen molar-refractivity contribution in [3.63, 3.8) is 0 Å². The van der Waals surface area contributed by atoms with Crippen LogP contribution < -0.4 is 10.5 Å². The van der Waals surface area contributed by atoms with Gasteiger partial charge in [-0.05, 0) is 13.0 Å². The Bertz CT molecular complexity index is 328. The number of primary amides is 1. The Morgan fingerprint density at radius 3 is 3.07 bits per heavy atom. The quantitative estimate of drug-likeness (QED) is 0.782. The molecule has 0 unspecified atom stereocenters. The molecule has 0 aromatic carbocycles. The number of alkyl halides is 1. The summed E-state index contributed by atoms with van der Waals surface area (Å²) in [6.07, 6.45) is 1.65. The Morgan fingerprint density at radius 1 is 1.79 bits per heavy atom. The number of rotatable bonds is 4. The van der Waals surface area contributed by atoms with E-state index in [1.54, 1.807) is 0 Å².